The number of carbonyl (C=O) groups excluding carboxylic acids is 2. The van der Waals surface area contributed by atoms with Crippen LogP contribution in [0.3, 0.4) is 0 Å². The van der Waals surface area contributed by atoms with Gasteiger partial charge in [0.1, 0.15) is 11.3 Å². The van der Waals surface area contributed by atoms with E-state index in [1.54, 1.807) is 17.2 Å². The molecule has 2 amide bonds. The number of carbonyl (C=O) groups is 2. The summed E-state index contributed by atoms with van der Waals surface area (Å²) in [5.74, 6) is -0.188. The first kappa shape index (κ1) is 15.3. The van der Waals surface area contributed by atoms with Crippen molar-refractivity contribution in [3.63, 3.8) is 0 Å². The minimum Gasteiger partial charge on any atom is -0.444 e. The largest absolute Gasteiger partial charge is 0.444 e. The van der Waals surface area contributed by atoms with Crippen molar-refractivity contribution in [2.24, 2.45) is 0 Å². The van der Waals surface area contributed by atoms with Crippen LogP contribution in [0.5, 0.6) is 0 Å². The highest BCUT2D eigenvalue weighted by Crippen LogP contribution is 2.15. The number of hydrogen-bond donors (Lipinski definition) is 2. The number of amides is 2. The average molecular weight is 294 g/mol. The van der Waals surface area contributed by atoms with Gasteiger partial charge in [-0.25, -0.2) is 4.79 Å². The topological polar surface area (TPSA) is 87.3 Å². The number of aromatic nitrogens is 2. The highest BCUT2D eigenvalue weighted by Gasteiger charge is 2.27. The number of nitrogens with one attached hydrogen (secondary N) is 2. The van der Waals surface area contributed by atoms with Gasteiger partial charge >= 0.3 is 6.09 Å². The summed E-state index contributed by atoms with van der Waals surface area (Å²) in [6.07, 6.45) is 2.75. The van der Waals surface area contributed by atoms with E-state index in [4.69, 9.17) is 4.74 Å². The zero-order valence-corrected chi connectivity index (χ0v) is 12.7. The van der Waals surface area contributed by atoms with Crippen molar-refractivity contribution in [1.29, 1.82) is 0 Å². The summed E-state index contributed by atoms with van der Waals surface area (Å²) in [4.78, 5) is 25.5. The fourth-order valence-electron chi connectivity index (χ4n) is 2.18. The van der Waals surface area contributed by atoms with Gasteiger partial charge in [-0.1, -0.05) is 0 Å². The number of piperidine rings is 1. The lowest BCUT2D eigenvalue weighted by atomic mass is 10.1. The van der Waals surface area contributed by atoms with Crippen LogP contribution < -0.4 is 5.32 Å². The second kappa shape index (κ2) is 6.15. The molecule has 1 fully saturated rings. The van der Waals surface area contributed by atoms with Crippen LogP contribution in [0, 0.1) is 0 Å². The monoisotopic (exact) mass is 294 g/mol. The second-order valence-corrected chi connectivity index (χ2v) is 6.17. The molecule has 0 aromatic carbocycles. The number of likely N-dealkylation sites (tertiary alicyclic amines) is 1. The van der Waals surface area contributed by atoms with Gasteiger partial charge < -0.3 is 15.0 Å². The lowest BCUT2D eigenvalue weighted by molar-refractivity contribution is 0.0199. The third kappa shape index (κ3) is 4.47. The van der Waals surface area contributed by atoms with E-state index in [2.05, 4.69) is 15.5 Å². The van der Waals surface area contributed by atoms with Gasteiger partial charge in [-0.2, -0.15) is 5.10 Å². The molecule has 1 aliphatic heterocycles. The van der Waals surface area contributed by atoms with Crippen molar-refractivity contribution in [3.05, 3.63) is 18.0 Å². The molecule has 7 nitrogen and oxygen atoms in total. The predicted octanol–water partition coefficient (Wildman–Crippen LogP) is 1.54. The van der Waals surface area contributed by atoms with Crippen LogP contribution in [0.1, 0.15) is 44.1 Å². The van der Waals surface area contributed by atoms with E-state index in [1.807, 2.05) is 20.8 Å². The van der Waals surface area contributed by atoms with Gasteiger partial charge in [0.05, 0.1) is 0 Å². The molecule has 7 heteroatoms. The first-order valence-electron chi connectivity index (χ1n) is 7.14. The van der Waals surface area contributed by atoms with Gasteiger partial charge in [0.2, 0.25) is 0 Å². The molecule has 0 spiro atoms. The summed E-state index contributed by atoms with van der Waals surface area (Å²) in [6, 6.07) is 1.69. The SMILES string of the molecule is CC(C)(C)OC(=O)N1CCC(NC(=O)c2cc[nH]n2)CC1. The molecule has 0 radical (unpaired) electrons. The summed E-state index contributed by atoms with van der Waals surface area (Å²) >= 11 is 0. The number of nitrogens with zero attached hydrogens (tertiary/aromatic N) is 2. The number of H-pyrrole nitrogens is 1. The molecule has 2 heterocycles. The van der Waals surface area contributed by atoms with E-state index in [1.165, 1.54) is 0 Å². The maximum atomic E-state index is 11.9. The molecule has 0 atom stereocenters. The molecule has 0 bridgehead atoms. The minimum absolute atomic E-state index is 0.0629. The molecule has 0 unspecified atom stereocenters. The lowest BCUT2D eigenvalue weighted by Crippen LogP contribution is -2.47. The third-order valence-corrected chi connectivity index (χ3v) is 3.22. The van der Waals surface area contributed by atoms with Crippen molar-refractivity contribution < 1.29 is 14.3 Å². The fraction of sp³-hybridized carbons (Fsp3) is 0.643. The molecule has 1 aliphatic rings. The Morgan fingerprint density at radius 1 is 1.38 bits per heavy atom. The first-order valence-corrected chi connectivity index (χ1v) is 7.14. The van der Waals surface area contributed by atoms with Gasteiger partial charge in [0.15, 0.2) is 0 Å². The van der Waals surface area contributed by atoms with Gasteiger partial charge in [0, 0.05) is 25.3 Å². The van der Waals surface area contributed by atoms with Crippen LogP contribution in [0.25, 0.3) is 0 Å². The summed E-state index contributed by atoms with van der Waals surface area (Å²) < 4.78 is 5.34. The molecule has 1 saturated heterocycles. The molecule has 21 heavy (non-hydrogen) atoms. The third-order valence-electron chi connectivity index (χ3n) is 3.22. The number of ether oxygens (including phenoxy) is 1. The molecular weight excluding hydrogens is 272 g/mol. The molecule has 1 aromatic rings. The number of rotatable bonds is 2. The second-order valence-electron chi connectivity index (χ2n) is 6.17. The van der Waals surface area contributed by atoms with Gasteiger partial charge in [-0.05, 0) is 39.7 Å². The zero-order valence-electron chi connectivity index (χ0n) is 12.7. The Morgan fingerprint density at radius 2 is 2.05 bits per heavy atom. The smallest absolute Gasteiger partial charge is 0.410 e. The van der Waals surface area contributed by atoms with E-state index in [0.717, 1.165) is 12.8 Å². The lowest BCUT2D eigenvalue weighted by Gasteiger charge is -2.33. The Balaban J connectivity index is 1.78. The van der Waals surface area contributed by atoms with Crippen molar-refractivity contribution in [1.82, 2.24) is 20.4 Å². The highest BCUT2D eigenvalue weighted by atomic mass is 16.6. The molecule has 116 valence electrons. The van der Waals surface area contributed by atoms with Crippen LogP contribution in [0.2, 0.25) is 0 Å². The Labute approximate surface area is 124 Å². The Hall–Kier alpha value is -2.05. The molecule has 0 aliphatic carbocycles. The maximum Gasteiger partial charge on any atom is 0.410 e. The number of aromatic amines is 1. The quantitative estimate of drug-likeness (QED) is 0.866. The van der Waals surface area contributed by atoms with Crippen LogP contribution in [0.15, 0.2) is 12.3 Å². The van der Waals surface area contributed by atoms with Gasteiger partial charge in [-0.15, -0.1) is 0 Å². The van der Waals surface area contributed by atoms with Crippen LogP contribution in [-0.4, -0.2) is 51.8 Å². The van der Waals surface area contributed by atoms with Crippen molar-refractivity contribution >= 4 is 12.0 Å². The van der Waals surface area contributed by atoms with E-state index in [-0.39, 0.29) is 18.0 Å². The van der Waals surface area contributed by atoms with Crippen molar-refractivity contribution in [2.75, 3.05) is 13.1 Å². The summed E-state index contributed by atoms with van der Waals surface area (Å²) in [7, 11) is 0. The maximum absolute atomic E-state index is 11.9. The van der Waals surface area contributed by atoms with Crippen LogP contribution in [-0.2, 0) is 4.74 Å². The Bertz CT molecular complexity index is 485. The average Bonchev–Trinajstić information content (AvgIpc) is 2.91. The molecule has 2 N–H and O–H groups in total. The van der Waals surface area contributed by atoms with Crippen molar-refractivity contribution in [3.8, 4) is 0 Å². The summed E-state index contributed by atoms with van der Waals surface area (Å²) in [5, 5.41) is 9.38. The molecular formula is C14H22N4O3. The Kier molecular flexibility index (Phi) is 4.50. The van der Waals surface area contributed by atoms with Gasteiger partial charge in [0.25, 0.3) is 5.91 Å². The van der Waals surface area contributed by atoms with Gasteiger partial charge in [-0.3, -0.25) is 9.89 Å². The number of hydrogen-bond acceptors (Lipinski definition) is 4. The minimum atomic E-state index is -0.484. The van der Waals surface area contributed by atoms with E-state index in [9.17, 15) is 9.59 Å². The highest BCUT2D eigenvalue weighted by molar-refractivity contribution is 5.92. The summed E-state index contributed by atoms with van der Waals surface area (Å²) in [5.41, 5.74) is -0.105. The summed E-state index contributed by atoms with van der Waals surface area (Å²) in [6.45, 7) is 6.71. The molecule has 2 rings (SSSR count). The van der Waals surface area contributed by atoms with E-state index in [0.29, 0.717) is 18.8 Å². The van der Waals surface area contributed by atoms with E-state index >= 15 is 0 Å². The normalized spacial score (nSPS) is 16.6. The predicted molar refractivity (Wildman–Crippen MR) is 76.9 cm³/mol. The van der Waals surface area contributed by atoms with Crippen LogP contribution >= 0.6 is 0 Å². The zero-order chi connectivity index (χ0) is 15.5. The Morgan fingerprint density at radius 3 is 2.57 bits per heavy atom. The van der Waals surface area contributed by atoms with Crippen LogP contribution in [0.4, 0.5) is 4.79 Å². The van der Waals surface area contributed by atoms with E-state index < -0.39 is 5.60 Å². The standard InChI is InChI=1S/C14H22N4O3/c1-14(2,3)21-13(20)18-8-5-10(6-9-18)16-12(19)11-4-7-15-17-11/h4,7,10H,5-6,8-9H2,1-3H3,(H,15,17)(H,16,19). The van der Waals surface area contributed by atoms with Crippen molar-refractivity contribution in [2.45, 2.75) is 45.3 Å². The fourth-order valence-corrected chi connectivity index (χ4v) is 2.18. The first-order chi connectivity index (χ1) is 9.85. The molecule has 0 saturated carbocycles. The molecule has 1 aromatic heterocycles.